The highest BCUT2D eigenvalue weighted by molar-refractivity contribution is 9.10. The van der Waals surface area contributed by atoms with Gasteiger partial charge in [0.25, 0.3) is 5.91 Å². The van der Waals surface area contributed by atoms with Gasteiger partial charge < -0.3 is 5.32 Å². The van der Waals surface area contributed by atoms with Crippen LogP contribution in [-0.2, 0) is 0 Å². The summed E-state index contributed by atoms with van der Waals surface area (Å²) in [7, 11) is 0. The zero-order valence-electron chi connectivity index (χ0n) is 9.45. The second-order valence-corrected chi connectivity index (χ2v) is 5.26. The standard InChI is InChI=1S/C12H11BrN2OS/c1-7-3-9(4-8(2)11(7)13)15-12(16)10-5-17-6-14-10/h3-6H,1-2H3,(H,15,16). The SMILES string of the molecule is Cc1cc(NC(=O)c2cscn2)cc(C)c1Br. The number of nitrogens with one attached hydrogen (secondary N) is 1. The van der Waals surface area contributed by atoms with E-state index in [1.165, 1.54) is 11.3 Å². The van der Waals surface area contributed by atoms with Crippen LogP contribution in [0.15, 0.2) is 27.5 Å². The van der Waals surface area contributed by atoms with Gasteiger partial charge in [0.1, 0.15) is 5.69 Å². The smallest absolute Gasteiger partial charge is 0.275 e. The Morgan fingerprint density at radius 3 is 2.53 bits per heavy atom. The molecule has 2 rings (SSSR count). The van der Waals surface area contributed by atoms with Gasteiger partial charge in [-0.2, -0.15) is 0 Å². The Balaban J connectivity index is 2.22. The third kappa shape index (κ3) is 2.73. The van der Waals surface area contributed by atoms with Crippen molar-refractivity contribution in [2.75, 3.05) is 5.32 Å². The average Bonchev–Trinajstić information content (AvgIpc) is 2.79. The molecule has 5 heteroatoms. The number of carbonyl (C=O) groups excluding carboxylic acids is 1. The molecule has 1 aromatic carbocycles. The number of thiazole rings is 1. The second kappa shape index (κ2) is 4.98. The van der Waals surface area contributed by atoms with Crippen molar-refractivity contribution < 1.29 is 4.79 Å². The molecular formula is C12H11BrN2OS. The summed E-state index contributed by atoms with van der Waals surface area (Å²) >= 11 is 4.90. The quantitative estimate of drug-likeness (QED) is 0.917. The van der Waals surface area contributed by atoms with Crippen LogP contribution in [0, 0.1) is 13.8 Å². The predicted octanol–water partition coefficient (Wildman–Crippen LogP) is 3.77. The van der Waals surface area contributed by atoms with Crippen molar-refractivity contribution in [3.63, 3.8) is 0 Å². The highest BCUT2D eigenvalue weighted by Gasteiger charge is 2.09. The normalized spacial score (nSPS) is 10.3. The van der Waals surface area contributed by atoms with Crippen molar-refractivity contribution in [2.45, 2.75) is 13.8 Å². The summed E-state index contributed by atoms with van der Waals surface area (Å²) in [6.07, 6.45) is 0. The maximum atomic E-state index is 11.8. The number of aromatic nitrogens is 1. The predicted molar refractivity (Wildman–Crippen MR) is 73.7 cm³/mol. The van der Waals surface area contributed by atoms with Crippen LogP contribution in [0.4, 0.5) is 5.69 Å². The highest BCUT2D eigenvalue weighted by Crippen LogP contribution is 2.25. The maximum Gasteiger partial charge on any atom is 0.275 e. The Kier molecular flexibility index (Phi) is 3.59. The van der Waals surface area contributed by atoms with Crippen molar-refractivity contribution in [1.82, 2.24) is 4.98 Å². The molecule has 1 heterocycles. The topological polar surface area (TPSA) is 42.0 Å². The molecule has 1 N–H and O–H groups in total. The number of carbonyl (C=O) groups is 1. The van der Waals surface area contributed by atoms with Crippen molar-refractivity contribution in [3.05, 3.63) is 44.3 Å². The van der Waals surface area contributed by atoms with E-state index in [-0.39, 0.29) is 5.91 Å². The third-order valence-electron chi connectivity index (χ3n) is 2.36. The first-order chi connectivity index (χ1) is 8.08. The first-order valence-corrected chi connectivity index (χ1v) is 6.78. The Labute approximate surface area is 112 Å². The van der Waals surface area contributed by atoms with Crippen molar-refractivity contribution in [3.8, 4) is 0 Å². The van der Waals surface area contributed by atoms with E-state index < -0.39 is 0 Å². The summed E-state index contributed by atoms with van der Waals surface area (Å²) in [5, 5.41) is 4.57. The minimum atomic E-state index is -0.174. The molecular weight excluding hydrogens is 300 g/mol. The van der Waals surface area contributed by atoms with Crippen molar-refractivity contribution in [2.24, 2.45) is 0 Å². The molecule has 0 saturated carbocycles. The van der Waals surface area contributed by atoms with Crippen LogP contribution in [0.5, 0.6) is 0 Å². The Hall–Kier alpha value is -1.20. The lowest BCUT2D eigenvalue weighted by atomic mass is 10.1. The molecule has 0 atom stereocenters. The van der Waals surface area contributed by atoms with Crippen molar-refractivity contribution >= 4 is 38.9 Å². The van der Waals surface area contributed by atoms with Gasteiger partial charge in [-0.1, -0.05) is 15.9 Å². The maximum absolute atomic E-state index is 11.8. The van der Waals surface area contributed by atoms with Gasteiger partial charge in [0, 0.05) is 15.5 Å². The van der Waals surface area contributed by atoms with Crippen molar-refractivity contribution in [1.29, 1.82) is 0 Å². The number of amides is 1. The van der Waals surface area contributed by atoms with E-state index in [9.17, 15) is 4.79 Å². The van der Waals surface area contributed by atoms with Gasteiger partial charge in [0.2, 0.25) is 0 Å². The van der Waals surface area contributed by atoms with Gasteiger partial charge in [0.05, 0.1) is 5.51 Å². The van der Waals surface area contributed by atoms with Crippen LogP contribution in [0.2, 0.25) is 0 Å². The van der Waals surface area contributed by atoms with E-state index in [2.05, 4.69) is 26.2 Å². The molecule has 2 aromatic rings. The fourth-order valence-corrected chi connectivity index (χ4v) is 2.30. The molecule has 0 radical (unpaired) electrons. The number of halogens is 1. The fraction of sp³-hybridized carbons (Fsp3) is 0.167. The van der Waals surface area contributed by atoms with Crippen LogP contribution in [0.3, 0.4) is 0 Å². The third-order valence-corrected chi connectivity index (χ3v) is 4.20. The van der Waals surface area contributed by atoms with Crippen LogP contribution in [0.25, 0.3) is 0 Å². The molecule has 17 heavy (non-hydrogen) atoms. The molecule has 0 saturated heterocycles. The largest absolute Gasteiger partial charge is 0.321 e. The average molecular weight is 311 g/mol. The minimum Gasteiger partial charge on any atom is -0.321 e. The molecule has 0 aliphatic rings. The van der Waals surface area contributed by atoms with E-state index in [1.807, 2.05) is 26.0 Å². The molecule has 0 aliphatic heterocycles. The van der Waals surface area contributed by atoms with E-state index in [1.54, 1.807) is 10.9 Å². The lowest BCUT2D eigenvalue weighted by molar-refractivity contribution is 0.102. The first-order valence-electron chi connectivity index (χ1n) is 5.04. The summed E-state index contributed by atoms with van der Waals surface area (Å²) in [6, 6.07) is 3.86. The lowest BCUT2D eigenvalue weighted by Gasteiger charge is -2.08. The molecule has 0 fully saturated rings. The molecule has 0 bridgehead atoms. The number of hydrogen-bond acceptors (Lipinski definition) is 3. The zero-order chi connectivity index (χ0) is 12.4. The molecule has 0 aliphatic carbocycles. The monoisotopic (exact) mass is 310 g/mol. The van der Waals surface area contributed by atoms with Gasteiger partial charge >= 0.3 is 0 Å². The van der Waals surface area contributed by atoms with Gasteiger partial charge in [-0.15, -0.1) is 11.3 Å². The first kappa shape index (κ1) is 12.3. The van der Waals surface area contributed by atoms with Crippen LogP contribution >= 0.6 is 27.3 Å². The molecule has 88 valence electrons. The van der Waals surface area contributed by atoms with Crippen LogP contribution in [-0.4, -0.2) is 10.9 Å². The second-order valence-electron chi connectivity index (χ2n) is 3.75. The highest BCUT2D eigenvalue weighted by atomic mass is 79.9. The number of rotatable bonds is 2. The number of aryl methyl sites for hydroxylation is 2. The molecule has 3 nitrogen and oxygen atoms in total. The fourth-order valence-electron chi connectivity index (χ4n) is 1.54. The van der Waals surface area contributed by atoms with E-state index in [0.29, 0.717) is 5.69 Å². The number of hydrogen-bond donors (Lipinski definition) is 1. The summed E-state index contributed by atoms with van der Waals surface area (Å²) in [6.45, 7) is 3.99. The number of anilines is 1. The lowest BCUT2D eigenvalue weighted by Crippen LogP contribution is -2.12. The van der Waals surface area contributed by atoms with E-state index >= 15 is 0 Å². The molecule has 0 spiro atoms. The molecule has 0 unspecified atom stereocenters. The number of benzene rings is 1. The van der Waals surface area contributed by atoms with E-state index in [0.717, 1.165) is 21.3 Å². The van der Waals surface area contributed by atoms with Gasteiger partial charge in [-0.05, 0) is 37.1 Å². The summed E-state index contributed by atoms with van der Waals surface area (Å²) in [4.78, 5) is 15.8. The zero-order valence-corrected chi connectivity index (χ0v) is 11.9. The molecule has 1 amide bonds. The summed E-state index contributed by atoms with van der Waals surface area (Å²) in [5.41, 5.74) is 5.08. The Morgan fingerprint density at radius 1 is 1.35 bits per heavy atom. The van der Waals surface area contributed by atoms with Gasteiger partial charge in [-0.3, -0.25) is 4.79 Å². The van der Waals surface area contributed by atoms with Gasteiger partial charge in [0.15, 0.2) is 0 Å². The number of nitrogens with zero attached hydrogens (tertiary/aromatic N) is 1. The summed E-state index contributed by atoms with van der Waals surface area (Å²) < 4.78 is 1.07. The van der Waals surface area contributed by atoms with Gasteiger partial charge in [-0.25, -0.2) is 4.98 Å². The van der Waals surface area contributed by atoms with Crippen LogP contribution < -0.4 is 5.32 Å². The van der Waals surface area contributed by atoms with Crippen LogP contribution in [0.1, 0.15) is 21.6 Å². The van der Waals surface area contributed by atoms with E-state index in [4.69, 9.17) is 0 Å². The Bertz CT molecular complexity index is 529. The molecule has 1 aromatic heterocycles. The minimum absolute atomic E-state index is 0.174. The Morgan fingerprint density at radius 2 is 2.00 bits per heavy atom. The summed E-state index contributed by atoms with van der Waals surface area (Å²) in [5.74, 6) is -0.174.